The van der Waals surface area contributed by atoms with E-state index >= 15 is 0 Å². The molecular formula is C17H18F3NO4. The van der Waals surface area contributed by atoms with Crippen LogP contribution < -0.4 is 4.74 Å². The quantitative estimate of drug-likeness (QED) is 0.900. The van der Waals surface area contributed by atoms with Gasteiger partial charge in [0, 0.05) is 19.0 Å². The van der Waals surface area contributed by atoms with Crippen LogP contribution in [-0.4, -0.2) is 41.3 Å². The molecule has 0 bridgehead atoms. The average Bonchev–Trinajstić information content (AvgIpc) is 3.20. The first-order valence-corrected chi connectivity index (χ1v) is 8.03. The molecule has 0 radical (unpaired) electrons. The third-order valence-corrected chi connectivity index (χ3v) is 4.89. The van der Waals surface area contributed by atoms with Crippen molar-refractivity contribution in [1.29, 1.82) is 0 Å². The molecular weight excluding hydrogens is 339 g/mol. The van der Waals surface area contributed by atoms with E-state index in [0.717, 1.165) is 0 Å². The van der Waals surface area contributed by atoms with Gasteiger partial charge < -0.3 is 14.7 Å². The van der Waals surface area contributed by atoms with Gasteiger partial charge in [0.05, 0.1) is 5.92 Å². The van der Waals surface area contributed by atoms with Gasteiger partial charge in [0.15, 0.2) is 0 Å². The van der Waals surface area contributed by atoms with Gasteiger partial charge in [-0.05, 0) is 29.9 Å². The Morgan fingerprint density at radius 3 is 2.48 bits per heavy atom. The van der Waals surface area contributed by atoms with Gasteiger partial charge >= 0.3 is 12.3 Å². The van der Waals surface area contributed by atoms with Crippen LogP contribution >= 0.6 is 0 Å². The number of halogens is 3. The fraction of sp³-hybridized carbons (Fsp3) is 0.529. The normalized spacial score (nSPS) is 28.7. The van der Waals surface area contributed by atoms with Crippen LogP contribution in [0.3, 0.4) is 0 Å². The van der Waals surface area contributed by atoms with E-state index in [9.17, 15) is 22.8 Å². The Morgan fingerprint density at radius 2 is 1.88 bits per heavy atom. The van der Waals surface area contributed by atoms with E-state index in [4.69, 9.17) is 5.11 Å². The summed E-state index contributed by atoms with van der Waals surface area (Å²) < 4.78 is 41.6. The number of likely N-dealkylation sites (tertiary alicyclic amines) is 1. The van der Waals surface area contributed by atoms with E-state index in [2.05, 4.69) is 4.74 Å². The Labute approximate surface area is 142 Å². The highest BCUT2D eigenvalue weighted by Crippen LogP contribution is 2.52. The van der Waals surface area contributed by atoms with Crippen molar-refractivity contribution in [1.82, 2.24) is 4.90 Å². The second-order valence-corrected chi connectivity index (χ2v) is 6.70. The summed E-state index contributed by atoms with van der Waals surface area (Å²) in [7, 11) is 0. The highest BCUT2D eigenvalue weighted by Gasteiger charge is 2.50. The Kier molecular flexibility index (Phi) is 4.38. The molecule has 0 spiro atoms. The zero-order valence-corrected chi connectivity index (χ0v) is 13.5. The first-order chi connectivity index (χ1) is 11.7. The molecule has 0 aromatic heterocycles. The number of hydrogen-bond donors (Lipinski definition) is 1. The average molecular weight is 357 g/mol. The molecule has 2 aliphatic rings. The van der Waals surface area contributed by atoms with Gasteiger partial charge in [-0.1, -0.05) is 25.1 Å². The highest BCUT2D eigenvalue weighted by atomic mass is 19.4. The Hall–Kier alpha value is -2.25. The Balaban J connectivity index is 1.69. The zero-order chi connectivity index (χ0) is 18.4. The van der Waals surface area contributed by atoms with Gasteiger partial charge in [-0.3, -0.25) is 9.59 Å². The highest BCUT2D eigenvalue weighted by molar-refractivity contribution is 5.84. The maximum Gasteiger partial charge on any atom is 0.573 e. The van der Waals surface area contributed by atoms with E-state index in [-0.39, 0.29) is 30.0 Å². The lowest BCUT2D eigenvalue weighted by atomic mass is 9.99. The van der Waals surface area contributed by atoms with E-state index in [1.54, 1.807) is 13.0 Å². The lowest BCUT2D eigenvalue weighted by Gasteiger charge is -2.17. The van der Waals surface area contributed by atoms with E-state index in [1.807, 2.05) is 0 Å². The number of carboxylic acid groups (broad SMARTS) is 1. The van der Waals surface area contributed by atoms with E-state index in [1.165, 1.54) is 23.1 Å². The number of carbonyl (C=O) groups is 2. The van der Waals surface area contributed by atoms with Crippen LogP contribution in [0.25, 0.3) is 0 Å². The molecule has 1 aliphatic heterocycles. The molecule has 2 fully saturated rings. The molecule has 3 rings (SSSR count). The third-order valence-electron chi connectivity index (χ3n) is 4.89. The number of amides is 1. The summed E-state index contributed by atoms with van der Waals surface area (Å²) >= 11 is 0. The molecule has 4 atom stereocenters. The van der Waals surface area contributed by atoms with Crippen molar-refractivity contribution >= 4 is 11.9 Å². The van der Waals surface area contributed by atoms with Crippen molar-refractivity contribution < 1.29 is 32.6 Å². The van der Waals surface area contributed by atoms with Gasteiger partial charge in [-0.2, -0.15) is 0 Å². The van der Waals surface area contributed by atoms with E-state index < -0.39 is 24.2 Å². The summed E-state index contributed by atoms with van der Waals surface area (Å²) in [5, 5.41) is 9.15. The molecule has 1 amide bonds. The number of nitrogens with zero attached hydrogens (tertiary/aromatic N) is 1. The fourth-order valence-electron chi connectivity index (χ4n) is 3.52. The minimum atomic E-state index is -4.79. The monoisotopic (exact) mass is 357 g/mol. The van der Waals surface area contributed by atoms with Crippen LogP contribution in [0.15, 0.2) is 24.3 Å². The third kappa shape index (κ3) is 3.72. The second kappa shape index (κ2) is 6.24. The summed E-state index contributed by atoms with van der Waals surface area (Å²) in [6, 6.07) is 5.83. The molecule has 8 heteroatoms. The molecule has 1 saturated heterocycles. The summed E-state index contributed by atoms with van der Waals surface area (Å²) in [4.78, 5) is 25.3. The van der Waals surface area contributed by atoms with Crippen molar-refractivity contribution in [2.75, 3.05) is 13.1 Å². The number of para-hydroxylation sites is 1. The van der Waals surface area contributed by atoms with Crippen LogP contribution in [0.2, 0.25) is 0 Å². The maximum absolute atomic E-state index is 12.6. The van der Waals surface area contributed by atoms with E-state index in [0.29, 0.717) is 18.5 Å². The molecule has 136 valence electrons. The van der Waals surface area contributed by atoms with Gasteiger partial charge in [-0.15, -0.1) is 13.2 Å². The molecule has 25 heavy (non-hydrogen) atoms. The van der Waals surface area contributed by atoms with Crippen LogP contribution in [-0.2, 0) is 9.59 Å². The number of alkyl halides is 3. The number of rotatable bonds is 4. The number of ether oxygens (including phenoxy) is 1. The lowest BCUT2D eigenvalue weighted by Crippen LogP contribution is -2.31. The minimum Gasteiger partial charge on any atom is -0.481 e. The van der Waals surface area contributed by atoms with Crippen LogP contribution in [0, 0.1) is 17.8 Å². The molecule has 1 aromatic rings. The van der Waals surface area contributed by atoms with Gasteiger partial charge in [0.25, 0.3) is 0 Å². The molecule has 1 heterocycles. The summed E-state index contributed by atoms with van der Waals surface area (Å²) in [6.45, 7) is 2.29. The van der Waals surface area contributed by atoms with Crippen molar-refractivity contribution in [3.8, 4) is 5.75 Å². The molecule has 2 unspecified atom stereocenters. The molecule has 1 aromatic carbocycles. The number of benzene rings is 1. The lowest BCUT2D eigenvalue weighted by molar-refractivity contribution is -0.274. The number of carboxylic acids is 1. The SMILES string of the molecule is C[C@@H]1CN(C(=O)C2CC2c2ccccc2OC(F)(F)F)C[C@H]1C(=O)O. The molecule has 1 aliphatic carbocycles. The van der Waals surface area contributed by atoms with Gasteiger partial charge in [0.1, 0.15) is 5.75 Å². The summed E-state index contributed by atoms with van der Waals surface area (Å²) in [5.74, 6) is -2.89. The summed E-state index contributed by atoms with van der Waals surface area (Å²) in [5.41, 5.74) is 0.361. The second-order valence-electron chi connectivity index (χ2n) is 6.70. The first-order valence-electron chi connectivity index (χ1n) is 8.03. The first kappa shape index (κ1) is 17.6. The van der Waals surface area contributed by atoms with Crippen LogP contribution in [0.4, 0.5) is 13.2 Å². The molecule has 1 saturated carbocycles. The van der Waals surface area contributed by atoms with Crippen molar-refractivity contribution in [2.45, 2.75) is 25.6 Å². The predicted molar refractivity (Wildman–Crippen MR) is 80.8 cm³/mol. The topological polar surface area (TPSA) is 66.8 Å². The van der Waals surface area contributed by atoms with Crippen molar-refractivity contribution in [2.24, 2.45) is 17.8 Å². The largest absolute Gasteiger partial charge is 0.573 e. The standard InChI is InChI=1S/C17H18F3NO4/c1-9-7-21(8-13(9)16(23)24)15(22)12-6-11(12)10-4-2-3-5-14(10)25-17(18,19)20/h2-5,9,11-13H,6-8H2,1H3,(H,23,24)/t9-,11?,12?,13-/m1/s1. The minimum absolute atomic E-state index is 0.139. The molecule has 5 nitrogen and oxygen atoms in total. The van der Waals surface area contributed by atoms with Crippen LogP contribution in [0.5, 0.6) is 5.75 Å². The molecule has 1 N–H and O–H groups in total. The summed E-state index contributed by atoms with van der Waals surface area (Å²) in [6.07, 6.45) is -4.34. The zero-order valence-electron chi connectivity index (χ0n) is 13.5. The number of carbonyl (C=O) groups excluding carboxylic acids is 1. The van der Waals surface area contributed by atoms with Crippen molar-refractivity contribution in [3.05, 3.63) is 29.8 Å². The predicted octanol–water partition coefficient (Wildman–Crippen LogP) is 2.87. The number of hydrogen-bond acceptors (Lipinski definition) is 3. The smallest absolute Gasteiger partial charge is 0.481 e. The number of aliphatic carboxylic acids is 1. The maximum atomic E-state index is 12.6. The Morgan fingerprint density at radius 1 is 1.20 bits per heavy atom. The van der Waals surface area contributed by atoms with Gasteiger partial charge in [0.2, 0.25) is 5.91 Å². The van der Waals surface area contributed by atoms with Crippen molar-refractivity contribution in [3.63, 3.8) is 0 Å². The fourth-order valence-corrected chi connectivity index (χ4v) is 3.52. The Bertz CT molecular complexity index is 691. The van der Waals surface area contributed by atoms with Gasteiger partial charge in [-0.25, -0.2) is 0 Å². The van der Waals surface area contributed by atoms with Crippen LogP contribution in [0.1, 0.15) is 24.8 Å².